The highest BCUT2D eigenvalue weighted by molar-refractivity contribution is 4.97. The van der Waals surface area contributed by atoms with E-state index in [9.17, 15) is 0 Å². The highest BCUT2D eigenvalue weighted by Crippen LogP contribution is 2.37. The monoisotopic (exact) mass is 208 g/mol. The molecule has 3 aliphatic rings. The largest absolute Gasteiger partial charge is 0.316 e. The van der Waals surface area contributed by atoms with Crippen molar-refractivity contribution in [2.75, 3.05) is 26.2 Å². The van der Waals surface area contributed by atoms with Gasteiger partial charge in [-0.3, -0.25) is 0 Å². The summed E-state index contributed by atoms with van der Waals surface area (Å²) in [7, 11) is 0. The first-order valence-corrected chi connectivity index (χ1v) is 6.83. The minimum absolute atomic E-state index is 0.727. The van der Waals surface area contributed by atoms with Crippen LogP contribution in [0.2, 0.25) is 0 Å². The molecule has 2 aliphatic heterocycles. The van der Waals surface area contributed by atoms with Crippen molar-refractivity contribution in [3.63, 3.8) is 0 Å². The first kappa shape index (κ1) is 10.1. The molecule has 15 heavy (non-hydrogen) atoms. The van der Waals surface area contributed by atoms with Gasteiger partial charge in [-0.25, -0.2) is 0 Å². The molecule has 0 atom stereocenters. The number of piperidine rings is 1. The van der Waals surface area contributed by atoms with Crippen LogP contribution in [-0.2, 0) is 0 Å². The van der Waals surface area contributed by atoms with Crippen LogP contribution in [0.15, 0.2) is 0 Å². The highest BCUT2D eigenvalue weighted by Gasteiger charge is 2.40. The Hall–Kier alpha value is -0.0800. The van der Waals surface area contributed by atoms with E-state index < -0.39 is 0 Å². The Morgan fingerprint density at radius 3 is 2.13 bits per heavy atom. The Labute approximate surface area is 93.4 Å². The van der Waals surface area contributed by atoms with Crippen LogP contribution in [0.1, 0.15) is 44.9 Å². The summed E-state index contributed by atoms with van der Waals surface area (Å²) in [6, 6.07) is 0.948. The Kier molecular flexibility index (Phi) is 2.73. The van der Waals surface area contributed by atoms with E-state index in [1.165, 1.54) is 71.1 Å². The van der Waals surface area contributed by atoms with Gasteiger partial charge in [0, 0.05) is 19.1 Å². The van der Waals surface area contributed by atoms with Crippen molar-refractivity contribution in [1.29, 1.82) is 0 Å². The predicted octanol–water partition coefficient (Wildman–Crippen LogP) is 2.00. The van der Waals surface area contributed by atoms with Crippen LogP contribution in [0.3, 0.4) is 0 Å². The van der Waals surface area contributed by atoms with Crippen molar-refractivity contribution in [3.8, 4) is 0 Å². The average molecular weight is 208 g/mol. The minimum Gasteiger partial charge on any atom is -0.316 e. The molecule has 1 aliphatic carbocycles. The molecule has 1 spiro atoms. The van der Waals surface area contributed by atoms with E-state index in [1.54, 1.807) is 0 Å². The number of nitrogens with one attached hydrogen (secondary N) is 1. The summed E-state index contributed by atoms with van der Waals surface area (Å²) in [5, 5.41) is 3.45. The van der Waals surface area contributed by atoms with Crippen molar-refractivity contribution in [1.82, 2.24) is 10.2 Å². The number of hydrogen-bond donors (Lipinski definition) is 1. The molecule has 2 saturated heterocycles. The molecule has 2 heteroatoms. The molecular weight excluding hydrogens is 184 g/mol. The van der Waals surface area contributed by atoms with Crippen molar-refractivity contribution < 1.29 is 0 Å². The lowest BCUT2D eigenvalue weighted by Gasteiger charge is -2.50. The van der Waals surface area contributed by atoms with E-state index in [-0.39, 0.29) is 0 Å². The average Bonchev–Trinajstić information content (AvgIpc) is 2.28. The normalized spacial score (nSPS) is 32.8. The van der Waals surface area contributed by atoms with Crippen LogP contribution in [0.25, 0.3) is 0 Å². The second-order valence-electron chi connectivity index (χ2n) is 5.93. The molecule has 0 radical (unpaired) electrons. The number of hydrogen-bond acceptors (Lipinski definition) is 2. The lowest BCUT2D eigenvalue weighted by Crippen LogP contribution is -2.59. The molecule has 3 fully saturated rings. The smallest absolute Gasteiger partial charge is 0.00952 e. The van der Waals surface area contributed by atoms with Gasteiger partial charge in [0.2, 0.25) is 0 Å². The Bertz CT molecular complexity index is 207. The van der Waals surface area contributed by atoms with Crippen molar-refractivity contribution >= 4 is 0 Å². The van der Waals surface area contributed by atoms with E-state index in [2.05, 4.69) is 10.2 Å². The molecule has 1 saturated carbocycles. The fraction of sp³-hybridized carbons (Fsp3) is 1.00. The highest BCUT2D eigenvalue weighted by atomic mass is 15.2. The molecule has 0 aromatic carbocycles. The molecule has 0 aromatic heterocycles. The fourth-order valence-electron chi connectivity index (χ4n) is 3.64. The number of rotatable bonds is 1. The lowest BCUT2D eigenvalue weighted by atomic mass is 9.73. The Balaban J connectivity index is 1.52. The number of nitrogens with zero attached hydrogens (tertiary/aromatic N) is 1. The summed E-state index contributed by atoms with van der Waals surface area (Å²) < 4.78 is 0. The third-order valence-corrected chi connectivity index (χ3v) is 4.95. The molecule has 1 N–H and O–H groups in total. The van der Waals surface area contributed by atoms with E-state index in [1.807, 2.05) is 0 Å². The summed E-state index contributed by atoms with van der Waals surface area (Å²) in [4.78, 5) is 2.79. The lowest BCUT2D eigenvalue weighted by molar-refractivity contribution is 0.0260. The van der Waals surface area contributed by atoms with Gasteiger partial charge in [-0.2, -0.15) is 0 Å². The zero-order valence-corrected chi connectivity index (χ0v) is 9.80. The summed E-state index contributed by atoms with van der Waals surface area (Å²) in [5.74, 6) is 0. The SMILES string of the molecule is C1CCC(N2CCC3(CC2)CNC3)CC1. The van der Waals surface area contributed by atoms with Crippen LogP contribution in [-0.4, -0.2) is 37.1 Å². The van der Waals surface area contributed by atoms with Gasteiger partial charge in [-0.15, -0.1) is 0 Å². The maximum Gasteiger partial charge on any atom is 0.00952 e. The molecule has 2 heterocycles. The molecule has 2 nitrogen and oxygen atoms in total. The molecule has 0 unspecified atom stereocenters. The van der Waals surface area contributed by atoms with Gasteiger partial charge >= 0.3 is 0 Å². The summed E-state index contributed by atoms with van der Waals surface area (Å²) in [5.41, 5.74) is 0.727. The van der Waals surface area contributed by atoms with E-state index in [4.69, 9.17) is 0 Å². The van der Waals surface area contributed by atoms with Crippen LogP contribution < -0.4 is 5.32 Å². The van der Waals surface area contributed by atoms with Crippen LogP contribution >= 0.6 is 0 Å². The molecular formula is C13H24N2. The van der Waals surface area contributed by atoms with Gasteiger partial charge < -0.3 is 10.2 Å². The maximum absolute atomic E-state index is 3.45. The minimum atomic E-state index is 0.727. The van der Waals surface area contributed by atoms with Crippen molar-refractivity contribution in [3.05, 3.63) is 0 Å². The first-order chi connectivity index (χ1) is 7.38. The van der Waals surface area contributed by atoms with Gasteiger partial charge in [-0.1, -0.05) is 19.3 Å². The van der Waals surface area contributed by atoms with E-state index in [0.29, 0.717) is 0 Å². The molecule has 0 bridgehead atoms. The fourth-order valence-corrected chi connectivity index (χ4v) is 3.64. The van der Waals surface area contributed by atoms with Crippen LogP contribution in [0.5, 0.6) is 0 Å². The van der Waals surface area contributed by atoms with E-state index in [0.717, 1.165) is 11.5 Å². The van der Waals surface area contributed by atoms with Crippen LogP contribution in [0, 0.1) is 5.41 Å². The Morgan fingerprint density at radius 2 is 1.60 bits per heavy atom. The number of likely N-dealkylation sites (tertiary alicyclic amines) is 1. The molecule has 0 amide bonds. The standard InChI is InChI=1S/C13H24N2/c1-2-4-12(5-3-1)15-8-6-13(7-9-15)10-14-11-13/h12,14H,1-11H2. The summed E-state index contributed by atoms with van der Waals surface area (Å²) in [6.07, 6.45) is 10.3. The second kappa shape index (κ2) is 4.06. The maximum atomic E-state index is 3.45. The van der Waals surface area contributed by atoms with E-state index >= 15 is 0 Å². The molecule has 3 rings (SSSR count). The zero-order chi connectivity index (χ0) is 10.1. The van der Waals surface area contributed by atoms with Crippen molar-refractivity contribution in [2.45, 2.75) is 51.0 Å². The van der Waals surface area contributed by atoms with Gasteiger partial charge in [0.15, 0.2) is 0 Å². The topological polar surface area (TPSA) is 15.3 Å². The zero-order valence-electron chi connectivity index (χ0n) is 9.80. The quantitative estimate of drug-likeness (QED) is 0.709. The van der Waals surface area contributed by atoms with Gasteiger partial charge in [0.1, 0.15) is 0 Å². The summed E-state index contributed by atoms with van der Waals surface area (Å²) >= 11 is 0. The third kappa shape index (κ3) is 1.94. The molecule has 0 aromatic rings. The third-order valence-electron chi connectivity index (χ3n) is 4.95. The predicted molar refractivity (Wildman–Crippen MR) is 63.0 cm³/mol. The first-order valence-electron chi connectivity index (χ1n) is 6.83. The molecule has 86 valence electrons. The van der Waals surface area contributed by atoms with Gasteiger partial charge in [-0.05, 0) is 44.2 Å². The van der Waals surface area contributed by atoms with Gasteiger partial charge in [0.05, 0.1) is 0 Å². The van der Waals surface area contributed by atoms with Crippen LogP contribution in [0.4, 0.5) is 0 Å². The van der Waals surface area contributed by atoms with Crippen molar-refractivity contribution in [2.24, 2.45) is 5.41 Å². The van der Waals surface area contributed by atoms with Gasteiger partial charge in [0.25, 0.3) is 0 Å². The Morgan fingerprint density at radius 1 is 0.933 bits per heavy atom. The second-order valence-corrected chi connectivity index (χ2v) is 5.93. The summed E-state index contributed by atoms with van der Waals surface area (Å²) in [6.45, 7) is 5.36.